The Labute approximate surface area is 148 Å². The molecule has 0 saturated carbocycles. The summed E-state index contributed by atoms with van der Waals surface area (Å²) in [7, 11) is -3.43. The van der Waals surface area contributed by atoms with Crippen LogP contribution >= 0.6 is 27.5 Å². The van der Waals surface area contributed by atoms with Crippen molar-refractivity contribution >= 4 is 54.8 Å². The summed E-state index contributed by atoms with van der Waals surface area (Å²) in [5.41, 5.74) is 2.21. The zero-order valence-corrected chi connectivity index (χ0v) is 15.5. The molecule has 0 aliphatic rings. The summed E-state index contributed by atoms with van der Waals surface area (Å²) >= 11 is 9.41. The Hall–Kier alpha value is -1.57. The minimum absolute atomic E-state index is 0.148. The number of rotatable bonds is 4. The third kappa shape index (κ3) is 4.95. The van der Waals surface area contributed by atoms with E-state index in [1.807, 2.05) is 19.1 Å². The van der Waals surface area contributed by atoms with E-state index < -0.39 is 10.0 Å². The first-order chi connectivity index (χ1) is 10.7. The van der Waals surface area contributed by atoms with E-state index in [9.17, 15) is 13.2 Å². The van der Waals surface area contributed by atoms with Crippen LogP contribution in [0.3, 0.4) is 0 Å². The van der Waals surface area contributed by atoms with Gasteiger partial charge in [0.2, 0.25) is 10.0 Å². The molecule has 0 aliphatic carbocycles. The molecule has 0 unspecified atom stereocenters. The Balaban J connectivity index is 2.19. The van der Waals surface area contributed by atoms with Crippen LogP contribution in [0.5, 0.6) is 0 Å². The van der Waals surface area contributed by atoms with Gasteiger partial charge in [-0.05, 0) is 48.9 Å². The van der Waals surface area contributed by atoms with E-state index in [0.717, 1.165) is 16.3 Å². The lowest BCUT2D eigenvalue weighted by atomic mass is 10.1. The van der Waals surface area contributed by atoms with Gasteiger partial charge in [0, 0.05) is 15.7 Å². The van der Waals surface area contributed by atoms with Crippen molar-refractivity contribution in [1.82, 2.24) is 0 Å². The number of amides is 1. The molecule has 0 bridgehead atoms. The molecule has 0 saturated heterocycles. The highest BCUT2D eigenvalue weighted by Gasteiger charge is 2.11. The second kappa shape index (κ2) is 6.90. The SMILES string of the molecule is Cc1cc(NC(=O)c2ccc(NS(C)(=O)=O)c(Cl)c2)ccc1Br. The summed E-state index contributed by atoms with van der Waals surface area (Å²) in [5, 5.41) is 2.91. The lowest BCUT2D eigenvalue weighted by Gasteiger charge is -2.10. The van der Waals surface area contributed by atoms with Gasteiger partial charge >= 0.3 is 0 Å². The van der Waals surface area contributed by atoms with Crippen molar-refractivity contribution in [3.63, 3.8) is 0 Å². The minimum Gasteiger partial charge on any atom is -0.322 e. The Bertz CT molecular complexity index is 869. The van der Waals surface area contributed by atoms with E-state index in [2.05, 4.69) is 26.0 Å². The lowest BCUT2D eigenvalue weighted by Crippen LogP contribution is -2.13. The van der Waals surface area contributed by atoms with Gasteiger partial charge in [-0.15, -0.1) is 0 Å². The zero-order chi connectivity index (χ0) is 17.2. The highest BCUT2D eigenvalue weighted by Crippen LogP contribution is 2.25. The number of carbonyl (C=O) groups is 1. The Kier molecular flexibility index (Phi) is 5.33. The molecule has 0 atom stereocenters. The molecule has 8 heteroatoms. The summed E-state index contributed by atoms with van der Waals surface area (Å²) in [6.45, 7) is 1.92. The molecule has 0 aliphatic heterocycles. The summed E-state index contributed by atoms with van der Waals surface area (Å²) in [6, 6.07) is 9.82. The maximum Gasteiger partial charge on any atom is 0.255 e. The standard InChI is InChI=1S/C15H14BrClN2O3S/c1-9-7-11(4-5-12(9)16)18-15(20)10-3-6-14(13(17)8-10)19-23(2,21)22/h3-8,19H,1-2H3,(H,18,20). The first kappa shape index (κ1) is 17.8. The lowest BCUT2D eigenvalue weighted by molar-refractivity contribution is 0.102. The number of aryl methyl sites for hydroxylation is 1. The third-order valence-corrected chi connectivity index (χ3v) is 4.74. The topological polar surface area (TPSA) is 75.3 Å². The molecule has 0 radical (unpaired) electrons. The fourth-order valence-corrected chi connectivity index (χ4v) is 2.97. The molecule has 122 valence electrons. The maximum atomic E-state index is 12.2. The van der Waals surface area contributed by atoms with E-state index in [-0.39, 0.29) is 16.6 Å². The molecule has 2 N–H and O–H groups in total. The van der Waals surface area contributed by atoms with Crippen LogP contribution in [0.2, 0.25) is 5.02 Å². The van der Waals surface area contributed by atoms with Crippen molar-refractivity contribution in [2.24, 2.45) is 0 Å². The summed E-state index contributed by atoms with van der Waals surface area (Å²) < 4.78 is 25.7. The molecule has 1 amide bonds. The van der Waals surface area contributed by atoms with Crippen LogP contribution in [-0.2, 0) is 10.0 Å². The van der Waals surface area contributed by atoms with Crippen LogP contribution in [0, 0.1) is 6.92 Å². The average molecular weight is 418 g/mol. The number of hydrogen-bond donors (Lipinski definition) is 2. The molecule has 0 aromatic heterocycles. The monoisotopic (exact) mass is 416 g/mol. The second-order valence-corrected chi connectivity index (χ2v) is 8.00. The Morgan fingerprint density at radius 1 is 1.17 bits per heavy atom. The number of hydrogen-bond acceptors (Lipinski definition) is 3. The summed E-state index contributed by atoms with van der Waals surface area (Å²) in [5.74, 6) is -0.334. The fraction of sp³-hybridized carbons (Fsp3) is 0.133. The average Bonchev–Trinajstić information content (AvgIpc) is 2.43. The molecule has 5 nitrogen and oxygen atoms in total. The van der Waals surface area contributed by atoms with E-state index in [1.165, 1.54) is 18.2 Å². The second-order valence-electron chi connectivity index (χ2n) is 4.99. The molecule has 0 heterocycles. The molecule has 2 aromatic carbocycles. The summed E-state index contributed by atoms with van der Waals surface area (Å²) in [6.07, 6.45) is 1.03. The van der Waals surface area contributed by atoms with Gasteiger partial charge in [0.25, 0.3) is 5.91 Å². The minimum atomic E-state index is -3.43. The molecule has 0 fully saturated rings. The fourth-order valence-electron chi connectivity index (χ4n) is 1.86. The Morgan fingerprint density at radius 3 is 2.43 bits per heavy atom. The molecular weight excluding hydrogens is 404 g/mol. The third-order valence-electron chi connectivity index (χ3n) is 2.94. The number of benzene rings is 2. The molecule has 0 spiro atoms. The zero-order valence-electron chi connectivity index (χ0n) is 12.4. The highest BCUT2D eigenvalue weighted by molar-refractivity contribution is 9.10. The van der Waals surface area contributed by atoms with Crippen molar-refractivity contribution in [2.75, 3.05) is 16.3 Å². The molecule has 23 heavy (non-hydrogen) atoms. The number of halogens is 2. The van der Waals surface area contributed by atoms with E-state index in [4.69, 9.17) is 11.6 Å². The predicted molar refractivity (Wildman–Crippen MR) is 96.8 cm³/mol. The van der Waals surface area contributed by atoms with Crippen LogP contribution in [0.1, 0.15) is 15.9 Å². The van der Waals surface area contributed by atoms with Gasteiger partial charge < -0.3 is 5.32 Å². The normalized spacial score (nSPS) is 11.1. The van der Waals surface area contributed by atoms with Crippen LogP contribution in [0.15, 0.2) is 40.9 Å². The Morgan fingerprint density at radius 2 is 1.87 bits per heavy atom. The van der Waals surface area contributed by atoms with Crippen LogP contribution in [0.4, 0.5) is 11.4 Å². The van der Waals surface area contributed by atoms with E-state index in [1.54, 1.807) is 6.07 Å². The number of nitrogens with one attached hydrogen (secondary N) is 2. The smallest absolute Gasteiger partial charge is 0.255 e. The highest BCUT2D eigenvalue weighted by atomic mass is 79.9. The summed E-state index contributed by atoms with van der Waals surface area (Å²) in [4.78, 5) is 12.2. The number of carbonyl (C=O) groups excluding carboxylic acids is 1. The quantitative estimate of drug-likeness (QED) is 0.788. The van der Waals surface area contributed by atoms with Crippen molar-refractivity contribution in [3.05, 3.63) is 57.0 Å². The van der Waals surface area contributed by atoms with Crippen LogP contribution in [0.25, 0.3) is 0 Å². The van der Waals surface area contributed by atoms with E-state index in [0.29, 0.717) is 11.3 Å². The van der Waals surface area contributed by atoms with Gasteiger partial charge in [-0.25, -0.2) is 8.42 Å². The van der Waals surface area contributed by atoms with Gasteiger partial charge in [0.1, 0.15) is 0 Å². The molecular formula is C15H14BrClN2O3S. The van der Waals surface area contributed by atoms with Crippen molar-refractivity contribution in [2.45, 2.75) is 6.92 Å². The van der Waals surface area contributed by atoms with E-state index >= 15 is 0 Å². The largest absolute Gasteiger partial charge is 0.322 e. The molecule has 2 aromatic rings. The first-order valence-electron chi connectivity index (χ1n) is 6.50. The van der Waals surface area contributed by atoms with Crippen LogP contribution in [-0.4, -0.2) is 20.6 Å². The van der Waals surface area contributed by atoms with Gasteiger partial charge in [-0.2, -0.15) is 0 Å². The maximum absolute atomic E-state index is 12.2. The van der Waals surface area contributed by atoms with Crippen molar-refractivity contribution in [3.8, 4) is 0 Å². The predicted octanol–water partition coefficient (Wildman–Crippen LogP) is 4.03. The van der Waals surface area contributed by atoms with Crippen LogP contribution < -0.4 is 10.0 Å². The van der Waals surface area contributed by atoms with Crippen molar-refractivity contribution in [1.29, 1.82) is 0 Å². The first-order valence-corrected chi connectivity index (χ1v) is 9.57. The van der Waals surface area contributed by atoms with Gasteiger partial charge in [0.05, 0.1) is 17.0 Å². The molecule has 2 rings (SSSR count). The van der Waals surface area contributed by atoms with Gasteiger partial charge in [-0.3, -0.25) is 9.52 Å². The van der Waals surface area contributed by atoms with Gasteiger partial charge in [0.15, 0.2) is 0 Å². The number of sulfonamides is 1. The number of anilines is 2. The van der Waals surface area contributed by atoms with Crippen molar-refractivity contribution < 1.29 is 13.2 Å². The van der Waals surface area contributed by atoms with Gasteiger partial charge in [-0.1, -0.05) is 27.5 Å².